The van der Waals surface area contributed by atoms with E-state index in [-0.39, 0.29) is 24.6 Å². The molecule has 0 saturated carbocycles. The molecule has 1 atom stereocenters. The van der Waals surface area contributed by atoms with E-state index in [4.69, 9.17) is 14.2 Å². The molecule has 1 saturated heterocycles. The van der Waals surface area contributed by atoms with Crippen molar-refractivity contribution in [2.45, 2.75) is 91.8 Å². The van der Waals surface area contributed by atoms with Crippen LogP contribution in [-0.4, -0.2) is 37.9 Å². The van der Waals surface area contributed by atoms with Crippen molar-refractivity contribution in [3.05, 3.63) is 118 Å². The number of benzene rings is 2. The monoisotopic (exact) mass is 598 g/mol. The normalized spacial score (nSPS) is 16.6. The van der Waals surface area contributed by atoms with Gasteiger partial charge in [-0.05, 0) is 103 Å². The lowest BCUT2D eigenvalue weighted by Gasteiger charge is -2.22. The van der Waals surface area contributed by atoms with Gasteiger partial charge in [-0.25, -0.2) is 4.79 Å². The molecule has 1 unspecified atom stereocenters. The molecule has 0 aromatic heterocycles. The Morgan fingerprint density at radius 2 is 1.25 bits per heavy atom. The van der Waals surface area contributed by atoms with Crippen LogP contribution in [0.1, 0.15) is 112 Å². The number of esters is 1. The van der Waals surface area contributed by atoms with Crippen LogP contribution in [0.3, 0.4) is 0 Å². The Morgan fingerprint density at radius 1 is 0.705 bits per heavy atom. The highest BCUT2D eigenvalue weighted by Crippen LogP contribution is 2.16. The van der Waals surface area contributed by atoms with Gasteiger partial charge in [0.15, 0.2) is 12.1 Å². The summed E-state index contributed by atoms with van der Waals surface area (Å²) in [5, 5.41) is 0. The maximum atomic E-state index is 12.6. The van der Waals surface area contributed by atoms with Crippen molar-refractivity contribution >= 4 is 11.8 Å². The van der Waals surface area contributed by atoms with E-state index in [0.717, 1.165) is 63.5 Å². The molecule has 2 aromatic rings. The molecule has 2 aromatic carbocycles. The summed E-state index contributed by atoms with van der Waals surface area (Å²) >= 11 is 0. The lowest BCUT2D eigenvalue weighted by Crippen LogP contribution is -2.22. The van der Waals surface area contributed by atoms with Crippen LogP contribution >= 0.6 is 0 Å². The highest BCUT2D eigenvalue weighted by Gasteiger charge is 2.13. The summed E-state index contributed by atoms with van der Waals surface area (Å²) in [6, 6.07) is 15.7. The summed E-state index contributed by atoms with van der Waals surface area (Å²) in [5.41, 5.74) is 6.81. The molecule has 1 heterocycles. The van der Waals surface area contributed by atoms with Gasteiger partial charge >= 0.3 is 5.97 Å². The van der Waals surface area contributed by atoms with Crippen LogP contribution < -0.4 is 0 Å². The number of allylic oxidation sites excluding steroid dienone is 6. The molecule has 0 N–H and O–H groups in total. The first-order valence-electron chi connectivity index (χ1n) is 16.0. The molecule has 0 amide bonds. The zero-order valence-electron chi connectivity index (χ0n) is 27.1. The van der Waals surface area contributed by atoms with Crippen LogP contribution in [0.5, 0.6) is 0 Å². The first-order chi connectivity index (χ1) is 21.3. The predicted molar refractivity (Wildman–Crippen MR) is 179 cm³/mol. The number of rotatable bonds is 17. The van der Waals surface area contributed by atoms with E-state index in [1.807, 2.05) is 25.1 Å². The average Bonchev–Trinajstić information content (AvgIpc) is 3.04. The number of hydrogen-bond donors (Lipinski definition) is 0. The number of carbonyl (C=O) groups is 2. The van der Waals surface area contributed by atoms with Crippen molar-refractivity contribution in [1.82, 2.24) is 0 Å². The fourth-order valence-corrected chi connectivity index (χ4v) is 4.92. The summed E-state index contributed by atoms with van der Waals surface area (Å²) in [5.74, 6) is -0.456. The SMILES string of the molecule is C/C(=C\CC/C(C)=C/COC1CCCCO1)CC/C=C(\C)CC/C=C(\C)COC(=O)c1ccc(C(=O)c2ccccc2)cc1. The molecule has 44 heavy (non-hydrogen) atoms. The second kappa shape index (κ2) is 19.7. The van der Waals surface area contributed by atoms with Crippen molar-refractivity contribution in [1.29, 1.82) is 0 Å². The zero-order valence-corrected chi connectivity index (χ0v) is 27.1. The van der Waals surface area contributed by atoms with Crippen LogP contribution in [0.4, 0.5) is 0 Å². The van der Waals surface area contributed by atoms with E-state index in [0.29, 0.717) is 23.3 Å². The highest BCUT2D eigenvalue weighted by atomic mass is 16.7. The lowest BCUT2D eigenvalue weighted by atomic mass is 10.0. The molecular formula is C39H50O5. The minimum absolute atomic E-state index is 0.0214. The van der Waals surface area contributed by atoms with Crippen LogP contribution in [0.25, 0.3) is 0 Å². The molecule has 1 aliphatic rings. The molecule has 0 bridgehead atoms. The summed E-state index contributed by atoms with van der Waals surface area (Å²) in [7, 11) is 0. The molecule has 5 nitrogen and oxygen atoms in total. The van der Waals surface area contributed by atoms with E-state index in [1.54, 1.807) is 36.4 Å². The molecule has 1 aliphatic heterocycles. The van der Waals surface area contributed by atoms with Crippen LogP contribution in [0, 0.1) is 0 Å². The van der Waals surface area contributed by atoms with Gasteiger partial charge in [-0.15, -0.1) is 0 Å². The second-order valence-corrected chi connectivity index (χ2v) is 11.8. The Hall–Kier alpha value is -3.54. The maximum Gasteiger partial charge on any atom is 0.338 e. The zero-order chi connectivity index (χ0) is 31.6. The summed E-state index contributed by atoms with van der Waals surface area (Å²) in [6.45, 7) is 10.3. The number of ketones is 1. The largest absolute Gasteiger partial charge is 0.458 e. The van der Waals surface area contributed by atoms with Gasteiger partial charge in [-0.3, -0.25) is 4.79 Å². The summed E-state index contributed by atoms with van der Waals surface area (Å²) < 4.78 is 16.9. The van der Waals surface area contributed by atoms with Crippen molar-refractivity contribution in [2.75, 3.05) is 19.8 Å². The fourth-order valence-electron chi connectivity index (χ4n) is 4.92. The van der Waals surface area contributed by atoms with Crippen LogP contribution in [0.2, 0.25) is 0 Å². The third-order valence-corrected chi connectivity index (χ3v) is 7.80. The Bertz CT molecular complexity index is 1290. The van der Waals surface area contributed by atoms with E-state index in [1.165, 1.54) is 23.1 Å². The van der Waals surface area contributed by atoms with Gasteiger partial charge in [0.05, 0.1) is 12.2 Å². The topological polar surface area (TPSA) is 61.8 Å². The Labute approximate surface area is 264 Å². The molecule has 0 aliphatic carbocycles. The van der Waals surface area contributed by atoms with Crippen molar-refractivity contribution in [3.8, 4) is 0 Å². The van der Waals surface area contributed by atoms with Crippen LogP contribution in [-0.2, 0) is 14.2 Å². The van der Waals surface area contributed by atoms with E-state index >= 15 is 0 Å². The minimum atomic E-state index is -0.388. The lowest BCUT2D eigenvalue weighted by molar-refractivity contribution is -0.155. The van der Waals surface area contributed by atoms with Gasteiger partial charge in [0.2, 0.25) is 0 Å². The van der Waals surface area contributed by atoms with Gasteiger partial charge in [-0.1, -0.05) is 83.5 Å². The first-order valence-corrected chi connectivity index (χ1v) is 16.0. The standard InChI is InChI=1S/C39H50O5/c1-30(15-11-17-32(3)26-28-43-37-21-8-9-27-42-37)13-10-14-31(2)16-12-18-33(4)29-44-39(41)36-24-22-35(23-25-36)38(40)34-19-6-5-7-20-34/h5-7,14-15,18-20,22-26,37H,8-13,16-17,21,27-29H2,1-4H3/b30-15+,31-14+,32-26+,33-18+. The van der Waals surface area contributed by atoms with Crippen molar-refractivity contribution in [2.24, 2.45) is 0 Å². The first kappa shape index (κ1) is 34.9. The van der Waals surface area contributed by atoms with Crippen molar-refractivity contribution in [3.63, 3.8) is 0 Å². The molecule has 1 fully saturated rings. The van der Waals surface area contributed by atoms with Gasteiger partial charge < -0.3 is 14.2 Å². The molecule has 5 heteroatoms. The Morgan fingerprint density at radius 3 is 1.84 bits per heavy atom. The maximum absolute atomic E-state index is 12.6. The third-order valence-electron chi connectivity index (χ3n) is 7.80. The molecule has 0 radical (unpaired) electrons. The van der Waals surface area contributed by atoms with Gasteiger partial charge in [0, 0.05) is 17.7 Å². The fraction of sp³-hybridized carbons (Fsp3) is 0.436. The number of ether oxygens (including phenoxy) is 3. The Balaban J connectivity index is 1.28. The van der Waals surface area contributed by atoms with Crippen molar-refractivity contribution < 1.29 is 23.8 Å². The second-order valence-electron chi connectivity index (χ2n) is 11.8. The predicted octanol–water partition coefficient (Wildman–Crippen LogP) is 9.74. The minimum Gasteiger partial charge on any atom is -0.458 e. The van der Waals surface area contributed by atoms with Crippen LogP contribution in [0.15, 0.2) is 101 Å². The highest BCUT2D eigenvalue weighted by molar-refractivity contribution is 6.09. The Kier molecular flexibility index (Phi) is 15.6. The van der Waals surface area contributed by atoms with Gasteiger partial charge in [-0.2, -0.15) is 0 Å². The number of carbonyl (C=O) groups excluding carboxylic acids is 2. The molecule has 3 rings (SSSR count). The van der Waals surface area contributed by atoms with E-state index < -0.39 is 0 Å². The quantitative estimate of drug-likeness (QED) is 0.103. The third kappa shape index (κ3) is 13.4. The summed E-state index contributed by atoms with van der Waals surface area (Å²) in [4.78, 5) is 25.1. The smallest absolute Gasteiger partial charge is 0.338 e. The van der Waals surface area contributed by atoms with Gasteiger partial charge in [0.1, 0.15) is 6.61 Å². The molecular weight excluding hydrogens is 548 g/mol. The van der Waals surface area contributed by atoms with E-state index in [2.05, 4.69) is 45.1 Å². The molecule has 0 spiro atoms. The average molecular weight is 599 g/mol. The van der Waals surface area contributed by atoms with E-state index in [9.17, 15) is 9.59 Å². The summed E-state index contributed by atoms with van der Waals surface area (Å²) in [6.07, 6.45) is 18.5. The van der Waals surface area contributed by atoms with Gasteiger partial charge in [0.25, 0.3) is 0 Å². The number of hydrogen-bond acceptors (Lipinski definition) is 5. The molecule has 236 valence electrons.